The van der Waals surface area contributed by atoms with Crippen molar-refractivity contribution >= 4 is 46.7 Å². The van der Waals surface area contributed by atoms with E-state index >= 15 is 0 Å². The molecule has 1 atom stereocenters. The third-order valence-corrected chi connectivity index (χ3v) is 6.38. The van der Waals surface area contributed by atoms with Crippen molar-refractivity contribution in [3.63, 3.8) is 0 Å². The number of carbonyl (C=O) groups excluding carboxylic acids is 3. The number of piperidine rings is 1. The van der Waals surface area contributed by atoms with Crippen LogP contribution in [0.15, 0.2) is 42.4 Å². The minimum Gasteiger partial charge on any atom is -0.530 e. The van der Waals surface area contributed by atoms with Gasteiger partial charge in [-0.05, 0) is 82.1 Å². The standard InChI is InChI=1S/C27H29Cl2N3O4/c1-17-14-19(8-11-21(17)29)22(33)15-31-24(34)23(18-6-9-20(28)10-7-18)32(26(2,3)4)27(31)12-5-13-30(16-27)25(35)36/h6-11,14H,5,12-13,15-16H2,1-4H3/i5D2,6D,12D2,13D2,16D2. The van der Waals surface area contributed by atoms with Gasteiger partial charge in [0.2, 0.25) is 0 Å². The molecule has 0 aromatic heterocycles. The highest BCUT2D eigenvalue weighted by Crippen LogP contribution is 2.39. The summed E-state index contributed by atoms with van der Waals surface area (Å²) in [5.74, 6) is -2.12. The maximum absolute atomic E-state index is 14.6. The zero-order valence-corrected chi connectivity index (χ0v) is 21.4. The molecule has 2 aromatic rings. The van der Waals surface area contributed by atoms with Gasteiger partial charge in [0.1, 0.15) is 12.6 Å². The molecule has 2 aromatic carbocycles. The zero-order chi connectivity index (χ0) is 34.5. The minimum atomic E-state index is -3.89. The molecular formula is C27H29Cl2N3O4. The molecule has 2 aliphatic rings. The summed E-state index contributed by atoms with van der Waals surface area (Å²) in [6.45, 7) is -3.03. The van der Waals surface area contributed by atoms with Crippen LogP contribution in [0.5, 0.6) is 0 Å². The lowest BCUT2D eigenvalue weighted by atomic mass is 9.91. The molecule has 2 amide bonds. The summed E-state index contributed by atoms with van der Waals surface area (Å²) in [5, 5.41) is 12.9. The lowest BCUT2D eigenvalue weighted by molar-refractivity contribution is -0.680. The van der Waals surface area contributed by atoms with E-state index in [1.165, 1.54) is 51.1 Å². The molecule has 2 aliphatic heterocycles. The van der Waals surface area contributed by atoms with Gasteiger partial charge in [-0.3, -0.25) is 14.5 Å². The summed E-state index contributed by atoms with van der Waals surface area (Å²) in [6, 6.07) is 7.41. The van der Waals surface area contributed by atoms with Crippen LogP contribution in [0.3, 0.4) is 0 Å². The first-order valence-corrected chi connectivity index (χ1v) is 11.6. The Morgan fingerprint density at radius 1 is 1.22 bits per heavy atom. The van der Waals surface area contributed by atoms with E-state index in [0.29, 0.717) is 15.5 Å². The van der Waals surface area contributed by atoms with Crippen LogP contribution in [0.1, 0.15) is 67.3 Å². The number of carboxylic acid groups (broad SMARTS) is 1. The van der Waals surface area contributed by atoms with Crippen LogP contribution in [0.25, 0.3) is 0 Å². The largest absolute Gasteiger partial charge is 0.530 e. The van der Waals surface area contributed by atoms with Crippen LogP contribution in [0, 0.1) is 6.92 Å². The monoisotopic (exact) mass is 538 g/mol. The van der Waals surface area contributed by atoms with E-state index in [9.17, 15) is 25.0 Å². The number of ketones is 1. The molecule has 0 saturated carbocycles. The molecule has 2 heterocycles. The molecule has 4 rings (SSSR count). The summed E-state index contributed by atoms with van der Waals surface area (Å²) in [5.41, 5.74) is -5.34. The second-order valence-corrected chi connectivity index (χ2v) is 10.1. The van der Waals surface area contributed by atoms with E-state index in [4.69, 9.17) is 30.1 Å². The second-order valence-electron chi connectivity index (χ2n) is 9.30. The quantitative estimate of drug-likeness (QED) is 0.438. The van der Waals surface area contributed by atoms with Crippen LogP contribution in [-0.4, -0.2) is 68.6 Å². The van der Waals surface area contributed by atoms with Gasteiger partial charge in [0.25, 0.3) is 11.4 Å². The van der Waals surface area contributed by atoms with Gasteiger partial charge in [-0.15, -0.1) is 0 Å². The number of rotatable bonds is 4. The molecule has 9 heteroatoms. The van der Waals surface area contributed by atoms with Crippen LogP contribution in [-0.2, 0) is 4.79 Å². The highest BCUT2D eigenvalue weighted by Gasteiger charge is 2.63. The lowest BCUT2D eigenvalue weighted by Crippen LogP contribution is -2.67. The Bertz CT molecular complexity index is 1680. The normalized spacial score (nSPS) is 29.7. The fourth-order valence-corrected chi connectivity index (χ4v) is 4.44. The van der Waals surface area contributed by atoms with E-state index in [2.05, 4.69) is 0 Å². The second kappa shape index (κ2) is 9.52. The van der Waals surface area contributed by atoms with E-state index in [-0.39, 0.29) is 22.2 Å². The molecule has 7 nitrogen and oxygen atoms in total. The average molecular weight is 540 g/mol. The van der Waals surface area contributed by atoms with Gasteiger partial charge in [-0.25, -0.2) is 0 Å². The zero-order valence-electron chi connectivity index (χ0n) is 28.9. The summed E-state index contributed by atoms with van der Waals surface area (Å²) >= 11 is 12.1. The van der Waals surface area contributed by atoms with Crippen molar-refractivity contribution in [2.45, 2.75) is 51.6 Å². The Hall–Kier alpha value is -2.90. The number of nitrogens with zero attached hydrogens (tertiary/aromatic N) is 3. The number of likely N-dealkylation sites (tertiary alicyclic amines) is 1. The average Bonchev–Trinajstić information content (AvgIpc) is 3.14. The van der Waals surface area contributed by atoms with Gasteiger partial charge in [-0.1, -0.05) is 23.2 Å². The number of benzene rings is 2. The van der Waals surface area contributed by atoms with Gasteiger partial charge < -0.3 is 14.8 Å². The first-order valence-electron chi connectivity index (χ1n) is 15.4. The van der Waals surface area contributed by atoms with E-state index in [0.717, 1.165) is 10.6 Å². The molecule has 190 valence electrons. The highest BCUT2D eigenvalue weighted by atomic mass is 35.5. The lowest BCUT2D eigenvalue weighted by Gasteiger charge is -2.45. The van der Waals surface area contributed by atoms with Crippen molar-refractivity contribution in [2.75, 3.05) is 19.5 Å². The Labute approximate surface area is 233 Å². The minimum absolute atomic E-state index is 0.0321. The van der Waals surface area contributed by atoms with Gasteiger partial charge in [-0.2, -0.15) is 4.58 Å². The fourth-order valence-electron chi connectivity index (χ4n) is 4.21. The molecule has 0 aliphatic carbocycles. The van der Waals surface area contributed by atoms with E-state index in [1.54, 1.807) is 6.92 Å². The Balaban J connectivity index is 2.22. The van der Waals surface area contributed by atoms with Crippen molar-refractivity contribution in [2.24, 2.45) is 0 Å². The number of aryl methyl sites for hydroxylation is 1. The van der Waals surface area contributed by atoms with Crippen molar-refractivity contribution in [3.8, 4) is 0 Å². The fraction of sp³-hybridized carbons (Fsp3) is 0.407. The molecule has 36 heavy (non-hydrogen) atoms. The van der Waals surface area contributed by atoms with Gasteiger partial charge in [0, 0.05) is 36.7 Å². The molecule has 1 saturated heterocycles. The maximum Gasteiger partial charge on any atom is 0.324 e. The number of Topliss-reactive ketones (excluding diaryl/α,β-unsaturated/α-hetero) is 1. The number of carbonyl (C=O) groups is 3. The van der Waals surface area contributed by atoms with Gasteiger partial charge in [0.05, 0.1) is 16.2 Å². The van der Waals surface area contributed by atoms with Gasteiger partial charge >= 0.3 is 5.91 Å². The highest BCUT2D eigenvalue weighted by molar-refractivity contribution is 6.44. The summed E-state index contributed by atoms with van der Waals surface area (Å²) in [6.07, 6.45) is -10.2. The van der Waals surface area contributed by atoms with Crippen molar-refractivity contribution < 1.29 is 36.4 Å². The van der Waals surface area contributed by atoms with Crippen LogP contribution in [0.2, 0.25) is 10.0 Å². The third kappa shape index (κ3) is 4.62. The predicted molar refractivity (Wildman–Crippen MR) is 137 cm³/mol. The molecule has 1 unspecified atom stereocenters. The first-order chi connectivity index (χ1) is 20.3. The molecule has 0 bridgehead atoms. The van der Waals surface area contributed by atoms with Crippen molar-refractivity contribution in [1.82, 2.24) is 9.80 Å². The van der Waals surface area contributed by atoms with E-state index in [1.807, 2.05) is 0 Å². The Morgan fingerprint density at radius 2 is 1.94 bits per heavy atom. The number of halogens is 2. The van der Waals surface area contributed by atoms with Crippen LogP contribution < -0.4 is 5.11 Å². The maximum atomic E-state index is 14.6. The summed E-state index contributed by atoms with van der Waals surface area (Å²) in [7, 11) is 0. The molecule has 0 N–H and O–H groups in total. The predicted octanol–water partition coefficient (Wildman–Crippen LogP) is 3.76. The Kier molecular flexibility index (Phi) is 4.44. The van der Waals surface area contributed by atoms with Crippen LogP contribution in [0.4, 0.5) is 4.79 Å². The molecule has 1 spiro atoms. The van der Waals surface area contributed by atoms with Crippen molar-refractivity contribution in [3.05, 3.63) is 69.2 Å². The SMILES string of the molecule is [2H]c1cc(Cl)ccc1C1=[N+](C(C)(C)C)C2(N(CC(=O)c3ccc(Cl)c(C)c3)C1=O)C([2H])([2H])N(C(=O)[O-])C([2H])([2H])C([2H])([2H])C2([2H])[2H]. The van der Waals surface area contributed by atoms with Crippen molar-refractivity contribution in [1.29, 1.82) is 0 Å². The first kappa shape index (κ1) is 16.8. The topological polar surface area (TPSA) is 83.8 Å². The number of hydrogen-bond donors (Lipinski definition) is 0. The third-order valence-electron chi connectivity index (χ3n) is 5.72. The molecular weight excluding hydrogens is 501 g/mol. The molecule has 1 fully saturated rings. The summed E-state index contributed by atoms with van der Waals surface area (Å²) in [4.78, 5) is 40.7. The smallest absolute Gasteiger partial charge is 0.324 e. The molecule has 0 radical (unpaired) electrons. The Morgan fingerprint density at radius 3 is 2.56 bits per heavy atom. The number of hydrogen-bond acceptors (Lipinski definition) is 4. The van der Waals surface area contributed by atoms with E-state index < -0.39 is 71.9 Å². The van der Waals surface area contributed by atoms with Gasteiger partial charge in [0.15, 0.2) is 11.3 Å². The number of amides is 2. The van der Waals surface area contributed by atoms with Crippen LogP contribution >= 0.6 is 23.2 Å². The summed E-state index contributed by atoms with van der Waals surface area (Å²) < 4.78 is 80.4.